The van der Waals surface area contributed by atoms with Gasteiger partial charge >= 0.3 is 0 Å². The number of likely N-dealkylation sites (tertiary alicyclic amines) is 1. The molecule has 1 N–H and O–H groups in total. The molecule has 0 spiro atoms. The van der Waals surface area contributed by atoms with Crippen LogP contribution in [0.15, 0.2) is 24.3 Å². The van der Waals surface area contributed by atoms with Crippen molar-refractivity contribution < 1.29 is 13.2 Å². The van der Waals surface area contributed by atoms with E-state index >= 15 is 0 Å². The highest BCUT2D eigenvalue weighted by atomic mass is 32.2. The number of sulfonamides is 1. The van der Waals surface area contributed by atoms with Crippen LogP contribution in [0.1, 0.15) is 17.5 Å². The second-order valence-corrected chi connectivity index (χ2v) is 8.86. The number of hydrogen-bond donors (Lipinski definition) is 1. The average molecular weight is 351 g/mol. The van der Waals surface area contributed by atoms with Crippen LogP contribution >= 0.6 is 0 Å². The molecule has 0 bridgehead atoms. The first kappa shape index (κ1) is 17.4. The minimum absolute atomic E-state index is 0.105. The highest BCUT2D eigenvalue weighted by Crippen LogP contribution is 2.38. The molecule has 7 heteroatoms. The zero-order valence-electron chi connectivity index (χ0n) is 14.4. The number of fused-ring (bicyclic) bond motifs is 1. The zero-order valence-corrected chi connectivity index (χ0v) is 15.2. The summed E-state index contributed by atoms with van der Waals surface area (Å²) in [6, 6.07) is 7.71. The maximum Gasteiger partial charge on any atom is 0.238 e. The Morgan fingerprint density at radius 1 is 1.33 bits per heavy atom. The summed E-state index contributed by atoms with van der Waals surface area (Å²) < 4.78 is 25.9. The number of carbonyl (C=O) groups excluding carboxylic acids is 1. The van der Waals surface area contributed by atoms with Crippen LogP contribution in [0.25, 0.3) is 0 Å². The summed E-state index contributed by atoms with van der Waals surface area (Å²) >= 11 is 0. The quantitative estimate of drug-likeness (QED) is 0.861. The lowest BCUT2D eigenvalue weighted by molar-refractivity contribution is -0.124. The SMILES string of the molecule is CNC(=O)[C@H]1C[C@@H]2CN(Cc3cccc(C)c3)C[C@@H]2N1S(C)(=O)=O. The number of rotatable bonds is 4. The van der Waals surface area contributed by atoms with Gasteiger partial charge in [0.05, 0.1) is 6.26 Å². The maximum atomic E-state index is 12.2. The summed E-state index contributed by atoms with van der Waals surface area (Å²) in [5.41, 5.74) is 2.47. The molecule has 2 saturated heterocycles. The highest BCUT2D eigenvalue weighted by Gasteiger charge is 2.52. The fourth-order valence-electron chi connectivity index (χ4n) is 4.15. The molecule has 1 aromatic rings. The molecule has 0 aromatic heterocycles. The van der Waals surface area contributed by atoms with Crippen molar-refractivity contribution in [3.8, 4) is 0 Å². The van der Waals surface area contributed by atoms with E-state index in [1.54, 1.807) is 7.05 Å². The Labute approximate surface area is 143 Å². The van der Waals surface area contributed by atoms with Crippen LogP contribution in [-0.4, -0.2) is 62.0 Å². The molecular formula is C17H25N3O3S. The van der Waals surface area contributed by atoms with Crippen molar-refractivity contribution in [1.82, 2.24) is 14.5 Å². The molecule has 0 aliphatic carbocycles. The normalized spacial score (nSPS) is 28.0. The van der Waals surface area contributed by atoms with Gasteiger partial charge < -0.3 is 5.32 Å². The number of benzene rings is 1. The molecule has 2 aliphatic rings. The number of nitrogens with one attached hydrogen (secondary N) is 1. The van der Waals surface area contributed by atoms with Gasteiger partial charge in [-0.15, -0.1) is 0 Å². The molecule has 1 aromatic carbocycles. The van der Waals surface area contributed by atoms with Crippen molar-refractivity contribution >= 4 is 15.9 Å². The van der Waals surface area contributed by atoms with Crippen molar-refractivity contribution in [2.75, 3.05) is 26.4 Å². The average Bonchev–Trinajstić information content (AvgIpc) is 3.02. The topological polar surface area (TPSA) is 69.7 Å². The van der Waals surface area contributed by atoms with Gasteiger partial charge in [-0.25, -0.2) is 8.42 Å². The largest absolute Gasteiger partial charge is 0.358 e. The molecular weight excluding hydrogens is 326 g/mol. The smallest absolute Gasteiger partial charge is 0.238 e. The van der Waals surface area contributed by atoms with E-state index in [2.05, 4.69) is 35.3 Å². The van der Waals surface area contributed by atoms with Gasteiger partial charge in [0, 0.05) is 32.7 Å². The number of likely N-dealkylation sites (N-methyl/N-ethyl adjacent to an activating group) is 1. The number of hydrogen-bond acceptors (Lipinski definition) is 4. The van der Waals surface area contributed by atoms with Gasteiger partial charge in [0.2, 0.25) is 15.9 Å². The first-order valence-corrected chi connectivity index (χ1v) is 10.1. The Kier molecular flexibility index (Phi) is 4.68. The molecule has 1 amide bonds. The van der Waals surface area contributed by atoms with Crippen LogP contribution in [0.2, 0.25) is 0 Å². The summed E-state index contributed by atoms with van der Waals surface area (Å²) in [6.07, 6.45) is 1.80. The third kappa shape index (κ3) is 3.34. The molecule has 2 heterocycles. The summed E-state index contributed by atoms with van der Waals surface area (Å²) in [7, 11) is -1.86. The van der Waals surface area contributed by atoms with E-state index in [1.807, 2.05) is 6.07 Å². The summed E-state index contributed by atoms with van der Waals surface area (Å²) in [6.45, 7) is 4.40. The molecule has 2 fully saturated rings. The first-order chi connectivity index (χ1) is 11.3. The molecule has 2 aliphatic heterocycles. The van der Waals surface area contributed by atoms with Gasteiger partial charge in [0.1, 0.15) is 6.04 Å². The Balaban J connectivity index is 1.76. The molecule has 3 atom stereocenters. The van der Waals surface area contributed by atoms with Crippen LogP contribution in [-0.2, 0) is 21.4 Å². The van der Waals surface area contributed by atoms with Gasteiger partial charge in [0.15, 0.2) is 0 Å². The standard InChI is InChI=1S/C17H25N3O3S/c1-12-5-4-6-13(7-12)9-19-10-14-8-15(17(21)18-2)20(16(14)11-19)24(3,22)23/h4-7,14-16H,8-11H2,1-3H3,(H,18,21)/t14-,15-,16+/m1/s1. The van der Waals surface area contributed by atoms with E-state index in [0.717, 1.165) is 13.1 Å². The lowest BCUT2D eigenvalue weighted by Crippen LogP contribution is -2.49. The third-order valence-electron chi connectivity index (χ3n) is 5.06. The Bertz CT molecular complexity index is 734. The van der Waals surface area contributed by atoms with Crippen molar-refractivity contribution in [3.63, 3.8) is 0 Å². The number of carbonyl (C=O) groups is 1. The van der Waals surface area contributed by atoms with E-state index in [9.17, 15) is 13.2 Å². The van der Waals surface area contributed by atoms with Gasteiger partial charge in [-0.1, -0.05) is 29.8 Å². The van der Waals surface area contributed by atoms with Gasteiger partial charge in [-0.2, -0.15) is 4.31 Å². The van der Waals surface area contributed by atoms with E-state index in [0.29, 0.717) is 13.0 Å². The predicted octanol–water partition coefficient (Wildman–Crippen LogP) is 0.575. The minimum Gasteiger partial charge on any atom is -0.358 e. The first-order valence-electron chi connectivity index (χ1n) is 8.27. The molecule has 3 rings (SSSR count). The molecule has 0 saturated carbocycles. The third-order valence-corrected chi connectivity index (χ3v) is 6.35. The van der Waals surface area contributed by atoms with Crippen molar-refractivity contribution in [1.29, 1.82) is 0 Å². The van der Waals surface area contributed by atoms with Crippen molar-refractivity contribution in [2.24, 2.45) is 5.92 Å². The molecule has 0 unspecified atom stereocenters. The van der Waals surface area contributed by atoms with Gasteiger partial charge in [-0.3, -0.25) is 9.69 Å². The molecule has 132 valence electrons. The lowest BCUT2D eigenvalue weighted by Gasteiger charge is -2.27. The van der Waals surface area contributed by atoms with Crippen LogP contribution < -0.4 is 5.32 Å². The van der Waals surface area contributed by atoms with Crippen molar-refractivity contribution in [3.05, 3.63) is 35.4 Å². The maximum absolute atomic E-state index is 12.2. The second-order valence-electron chi connectivity index (χ2n) is 6.97. The Hall–Kier alpha value is -1.44. The van der Waals surface area contributed by atoms with Crippen LogP contribution in [0.5, 0.6) is 0 Å². The van der Waals surface area contributed by atoms with E-state index in [-0.39, 0.29) is 17.9 Å². The fourth-order valence-corrected chi connectivity index (χ4v) is 5.52. The summed E-state index contributed by atoms with van der Waals surface area (Å²) in [4.78, 5) is 14.4. The number of aryl methyl sites for hydroxylation is 1. The Morgan fingerprint density at radius 3 is 2.71 bits per heavy atom. The van der Waals surface area contributed by atoms with Gasteiger partial charge in [-0.05, 0) is 24.8 Å². The van der Waals surface area contributed by atoms with E-state index in [4.69, 9.17) is 0 Å². The minimum atomic E-state index is -3.42. The highest BCUT2D eigenvalue weighted by molar-refractivity contribution is 7.88. The van der Waals surface area contributed by atoms with E-state index in [1.165, 1.54) is 21.7 Å². The summed E-state index contributed by atoms with van der Waals surface area (Å²) in [5, 5.41) is 2.60. The summed E-state index contributed by atoms with van der Waals surface area (Å²) in [5.74, 6) is 0.00638. The molecule has 6 nitrogen and oxygen atoms in total. The molecule has 24 heavy (non-hydrogen) atoms. The van der Waals surface area contributed by atoms with Gasteiger partial charge in [0.25, 0.3) is 0 Å². The molecule has 0 radical (unpaired) electrons. The van der Waals surface area contributed by atoms with E-state index < -0.39 is 16.1 Å². The van der Waals surface area contributed by atoms with Crippen molar-refractivity contribution in [2.45, 2.75) is 32.0 Å². The number of nitrogens with zero attached hydrogens (tertiary/aromatic N) is 2. The second kappa shape index (κ2) is 6.46. The lowest BCUT2D eigenvalue weighted by atomic mass is 10.0. The van der Waals surface area contributed by atoms with Crippen LogP contribution in [0.3, 0.4) is 0 Å². The zero-order chi connectivity index (χ0) is 17.5. The predicted molar refractivity (Wildman–Crippen MR) is 92.9 cm³/mol. The fraction of sp³-hybridized carbons (Fsp3) is 0.588. The number of amides is 1. The van der Waals surface area contributed by atoms with Crippen LogP contribution in [0.4, 0.5) is 0 Å². The Morgan fingerprint density at radius 2 is 2.08 bits per heavy atom. The monoisotopic (exact) mass is 351 g/mol. The van der Waals surface area contributed by atoms with Crippen LogP contribution in [0, 0.1) is 12.8 Å².